The van der Waals surface area contributed by atoms with Crippen LogP contribution >= 0.6 is 0 Å². The normalized spacial score (nSPS) is 20.3. The first-order valence-electron chi connectivity index (χ1n) is 10.6. The summed E-state index contributed by atoms with van der Waals surface area (Å²) < 4.78 is 10.1. The van der Waals surface area contributed by atoms with Crippen LogP contribution in [0.4, 0.5) is 4.79 Å². The minimum Gasteiger partial charge on any atom is -0.467 e. The lowest BCUT2D eigenvalue weighted by molar-refractivity contribution is -0.146. The Morgan fingerprint density at radius 1 is 1.10 bits per heavy atom. The fourth-order valence-corrected chi connectivity index (χ4v) is 3.57. The molecular weight excluding hydrogens is 402 g/mol. The zero-order chi connectivity index (χ0) is 24.2. The fraction of sp³-hybridized carbons (Fsp3) is 0.818. The molecule has 0 bridgehead atoms. The lowest BCUT2D eigenvalue weighted by Crippen LogP contribution is -2.54. The van der Waals surface area contributed by atoms with Gasteiger partial charge in [-0.3, -0.25) is 9.59 Å². The van der Waals surface area contributed by atoms with Crippen molar-refractivity contribution in [2.45, 2.75) is 97.9 Å². The second-order valence-corrected chi connectivity index (χ2v) is 11.1. The summed E-state index contributed by atoms with van der Waals surface area (Å²) in [5.41, 5.74) is -1.38. The third-order valence-corrected chi connectivity index (χ3v) is 4.74. The van der Waals surface area contributed by atoms with Gasteiger partial charge in [-0.05, 0) is 59.3 Å². The molecule has 0 radical (unpaired) electrons. The van der Waals surface area contributed by atoms with Gasteiger partial charge >= 0.3 is 12.1 Å². The smallest absolute Gasteiger partial charge is 0.408 e. The molecule has 3 N–H and O–H groups in total. The van der Waals surface area contributed by atoms with Gasteiger partial charge in [0.2, 0.25) is 11.8 Å². The van der Waals surface area contributed by atoms with E-state index in [0.717, 1.165) is 0 Å². The molecule has 1 fully saturated rings. The SMILES string of the molecule is COC(=O)C(CC1CC(C)(C)NC1=O)NC(=O)C(CC(C)(C)C)NC(=O)OC(C)(C)C. The molecule has 0 aromatic rings. The third kappa shape index (κ3) is 9.57. The number of nitrogens with one attached hydrogen (secondary N) is 3. The lowest BCUT2D eigenvalue weighted by atomic mass is 9.87. The molecule has 1 aliphatic heterocycles. The molecule has 3 unspecified atom stereocenters. The van der Waals surface area contributed by atoms with E-state index in [1.807, 2.05) is 34.6 Å². The van der Waals surface area contributed by atoms with Gasteiger partial charge in [0.05, 0.1) is 7.11 Å². The van der Waals surface area contributed by atoms with Crippen LogP contribution in [0, 0.1) is 11.3 Å². The van der Waals surface area contributed by atoms with Crippen molar-refractivity contribution < 1.29 is 28.7 Å². The van der Waals surface area contributed by atoms with E-state index in [2.05, 4.69) is 16.0 Å². The van der Waals surface area contributed by atoms with E-state index in [0.29, 0.717) is 12.8 Å². The molecule has 0 saturated carbocycles. The summed E-state index contributed by atoms with van der Waals surface area (Å²) in [5.74, 6) is -1.77. The van der Waals surface area contributed by atoms with Gasteiger partial charge in [-0.15, -0.1) is 0 Å². The molecule has 31 heavy (non-hydrogen) atoms. The minimum absolute atomic E-state index is 0.113. The number of amides is 3. The predicted octanol–water partition coefficient (Wildman–Crippen LogP) is 2.28. The maximum absolute atomic E-state index is 13.0. The maximum Gasteiger partial charge on any atom is 0.408 e. The molecule has 9 heteroatoms. The van der Waals surface area contributed by atoms with Crippen LogP contribution in [0.15, 0.2) is 0 Å². The first-order chi connectivity index (χ1) is 13.9. The Labute approximate surface area is 185 Å². The van der Waals surface area contributed by atoms with Crippen molar-refractivity contribution in [3.8, 4) is 0 Å². The number of ether oxygens (including phenoxy) is 2. The zero-order valence-electron chi connectivity index (χ0n) is 20.3. The lowest BCUT2D eigenvalue weighted by Gasteiger charge is -2.29. The van der Waals surface area contributed by atoms with Crippen LogP contribution in [0.2, 0.25) is 0 Å². The van der Waals surface area contributed by atoms with Crippen molar-refractivity contribution in [1.29, 1.82) is 0 Å². The Morgan fingerprint density at radius 3 is 2.10 bits per heavy atom. The number of methoxy groups -OCH3 is 1. The van der Waals surface area contributed by atoms with E-state index in [1.54, 1.807) is 20.8 Å². The van der Waals surface area contributed by atoms with Gasteiger partial charge in [0, 0.05) is 11.5 Å². The average Bonchev–Trinajstić information content (AvgIpc) is 2.81. The molecule has 1 saturated heterocycles. The summed E-state index contributed by atoms with van der Waals surface area (Å²) >= 11 is 0. The second kappa shape index (κ2) is 9.87. The Kier molecular flexibility index (Phi) is 8.51. The Morgan fingerprint density at radius 2 is 1.68 bits per heavy atom. The standard InChI is InChI=1S/C22H39N3O6/c1-20(2,3)12-15(24-19(29)31-21(4,5)6)17(27)23-14(18(28)30-9)10-13-11-22(7,8)25-16(13)26/h13-15H,10-12H2,1-9H3,(H,23,27)(H,24,29)(H,25,26). The topological polar surface area (TPSA) is 123 Å². The van der Waals surface area contributed by atoms with Crippen LogP contribution in [0.25, 0.3) is 0 Å². The quantitative estimate of drug-likeness (QED) is 0.521. The summed E-state index contributed by atoms with van der Waals surface area (Å²) in [7, 11) is 1.23. The van der Waals surface area contributed by atoms with Gasteiger partial charge in [-0.2, -0.15) is 0 Å². The largest absolute Gasteiger partial charge is 0.467 e. The highest BCUT2D eigenvalue weighted by molar-refractivity contribution is 5.90. The van der Waals surface area contributed by atoms with Crippen LogP contribution in [-0.4, -0.2) is 54.2 Å². The van der Waals surface area contributed by atoms with Crippen LogP contribution in [0.1, 0.15) is 74.7 Å². The molecule has 178 valence electrons. The molecular formula is C22H39N3O6. The van der Waals surface area contributed by atoms with Crippen molar-refractivity contribution >= 4 is 23.9 Å². The molecule has 3 amide bonds. The van der Waals surface area contributed by atoms with Crippen LogP contribution in [0.3, 0.4) is 0 Å². The second-order valence-electron chi connectivity index (χ2n) is 11.1. The molecule has 9 nitrogen and oxygen atoms in total. The molecule has 0 aliphatic carbocycles. The first-order valence-corrected chi connectivity index (χ1v) is 10.6. The van der Waals surface area contributed by atoms with Crippen molar-refractivity contribution in [1.82, 2.24) is 16.0 Å². The highest BCUT2D eigenvalue weighted by Crippen LogP contribution is 2.28. The van der Waals surface area contributed by atoms with Crippen LogP contribution in [-0.2, 0) is 23.9 Å². The molecule has 1 rings (SSSR count). The molecule has 0 aromatic carbocycles. The summed E-state index contributed by atoms with van der Waals surface area (Å²) in [5, 5.41) is 8.16. The van der Waals surface area contributed by atoms with E-state index >= 15 is 0 Å². The Hall–Kier alpha value is -2.32. The van der Waals surface area contributed by atoms with Gasteiger partial charge in [0.1, 0.15) is 17.7 Å². The van der Waals surface area contributed by atoms with Gasteiger partial charge in [-0.25, -0.2) is 9.59 Å². The summed E-state index contributed by atoms with van der Waals surface area (Å²) in [6, 6.07) is -1.93. The Bertz CT molecular complexity index is 690. The van der Waals surface area contributed by atoms with Crippen molar-refractivity contribution in [2.75, 3.05) is 7.11 Å². The van der Waals surface area contributed by atoms with Crippen LogP contribution < -0.4 is 16.0 Å². The Balaban J connectivity index is 2.97. The van der Waals surface area contributed by atoms with Crippen LogP contribution in [0.5, 0.6) is 0 Å². The number of hydrogen-bond donors (Lipinski definition) is 3. The summed E-state index contributed by atoms with van der Waals surface area (Å²) in [6.45, 7) is 14.8. The number of alkyl carbamates (subject to hydrolysis) is 1. The molecule has 0 spiro atoms. The number of esters is 1. The average molecular weight is 442 g/mol. The molecule has 1 aliphatic rings. The van der Waals surface area contributed by atoms with Crippen molar-refractivity contribution in [3.05, 3.63) is 0 Å². The van der Waals surface area contributed by atoms with Gasteiger partial charge in [0.15, 0.2) is 0 Å². The molecule has 1 heterocycles. The molecule has 3 atom stereocenters. The maximum atomic E-state index is 13.0. The van der Waals surface area contributed by atoms with Gasteiger partial charge < -0.3 is 25.4 Å². The number of hydrogen-bond acceptors (Lipinski definition) is 6. The fourth-order valence-electron chi connectivity index (χ4n) is 3.57. The molecule has 0 aromatic heterocycles. The highest BCUT2D eigenvalue weighted by atomic mass is 16.6. The van der Waals surface area contributed by atoms with E-state index in [4.69, 9.17) is 9.47 Å². The first kappa shape index (κ1) is 26.7. The number of carbonyl (C=O) groups excluding carboxylic acids is 4. The minimum atomic E-state index is -1.01. The monoisotopic (exact) mass is 441 g/mol. The zero-order valence-corrected chi connectivity index (χ0v) is 20.3. The van der Waals surface area contributed by atoms with Gasteiger partial charge in [0.25, 0.3) is 0 Å². The van der Waals surface area contributed by atoms with E-state index in [9.17, 15) is 19.2 Å². The van der Waals surface area contributed by atoms with Crippen molar-refractivity contribution in [3.63, 3.8) is 0 Å². The van der Waals surface area contributed by atoms with E-state index in [-0.39, 0.29) is 23.3 Å². The van der Waals surface area contributed by atoms with Crippen molar-refractivity contribution in [2.24, 2.45) is 11.3 Å². The number of rotatable bonds is 7. The van der Waals surface area contributed by atoms with E-state index in [1.165, 1.54) is 7.11 Å². The number of carbonyl (C=O) groups is 4. The summed E-state index contributed by atoms with van der Waals surface area (Å²) in [6.07, 6.45) is 0.255. The highest BCUT2D eigenvalue weighted by Gasteiger charge is 2.41. The third-order valence-electron chi connectivity index (χ3n) is 4.74. The van der Waals surface area contributed by atoms with E-state index < -0.39 is 41.6 Å². The summed E-state index contributed by atoms with van der Waals surface area (Å²) in [4.78, 5) is 49.9. The predicted molar refractivity (Wildman–Crippen MR) is 116 cm³/mol. The van der Waals surface area contributed by atoms with Gasteiger partial charge in [-0.1, -0.05) is 20.8 Å².